The predicted octanol–water partition coefficient (Wildman–Crippen LogP) is 2.23. The van der Waals surface area contributed by atoms with E-state index < -0.39 is 23.7 Å². The molecule has 0 saturated heterocycles. The van der Waals surface area contributed by atoms with Crippen LogP contribution in [0.1, 0.15) is 17.6 Å². The van der Waals surface area contributed by atoms with Gasteiger partial charge in [0, 0.05) is 6.20 Å². The Hall–Kier alpha value is -1.77. The van der Waals surface area contributed by atoms with E-state index in [1.807, 2.05) is 0 Å². The van der Waals surface area contributed by atoms with Gasteiger partial charge in [0.25, 0.3) is 12.3 Å². The number of nitrogens with zero attached hydrogens (tertiary/aromatic N) is 2. The van der Waals surface area contributed by atoms with Gasteiger partial charge in [-0.2, -0.15) is 5.26 Å². The van der Waals surface area contributed by atoms with Crippen LogP contribution in [-0.4, -0.2) is 12.1 Å². The fourth-order valence-corrected chi connectivity index (χ4v) is 1.12. The fourth-order valence-electron chi connectivity index (χ4n) is 1.12. The summed E-state index contributed by atoms with van der Waals surface area (Å²) in [5.41, 5.74) is -0.936. The van der Waals surface area contributed by atoms with E-state index in [9.17, 15) is 13.2 Å². The number of aromatic nitrogens is 1. The van der Waals surface area contributed by atoms with Gasteiger partial charge in [-0.1, -0.05) is 0 Å². The van der Waals surface area contributed by atoms with Crippen molar-refractivity contribution in [2.24, 2.45) is 0 Å². The Balaban J connectivity index is 3.32. The van der Waals surface area contributed by atoms with Crippen LogP contribution in [0.15, 0.2) is 6.20 Å². The van der Waals surface area contributed by atoms with Crippen LogP contribution in [0, 0.1) is 17.1 Å². The van der Waals surface area contributed by atoms with E-state index in [2.05, 4.69) is 9.72 Å². The van der Waals surface area contributed by atoms with Gasteiger partial charge < -0.3 is 4.74 Å². The molecule has 80 valence electrons. The first-order valence-electron chi connectivity index (χ1n) is 3.98. The molecule has 1 aromatic heterocycles. The molecular formula is C9H7F3N2O. The van der Waals surface area contributed by atoms with Crippen molar-refractivity contribution in [3.63, 3.8) is 0 Å². The maximum atomic E-state index is 13.3. The summed E-state index contributed by atoms with van der Waals surface area (Å²) in [5, 5.41) is 8.37. The number of nitriles is 1. The monoisotopic (exact) mass is 216 g/mol. The lowest BCUT2D eigenvalue weighted by molar-refractivity contribution is 0.143. The van der Waals surface area contributed by atoms with Crippen molar-refractivity contribution < 1.29 is 17.9 Å². The number of pyridine rings is 1. The number of ether oxygens (including phenoxy) is 1. The Morgan fingerprint density at radius 3 is 2.73 bits per heavy atom. The van der Waals surface area contributed by atoms with Gasteiger partial charge >= 0.3 is 0 Å². The largest absolute Gasteiger partial charge is 0.479 e. The molecule has 0 spiro atoms. The molecule has 3 nitrogen and oxygen atoms in total. The van der Waals surface area contributed by atoms with Crippen molar-refractivity contribution in [3.8, 4) is 11.9 Å². The molecule has 0 atom stereocenters. The van der Waals surface area contributed by atoms with Crippen LogP contribution in [0.3, 0.4) is 0 Å². The zero-order valence-corrected chi connectivity index (χ0v) is 7.80. The normalized spacial score (nSPS) is 10.1. The molecule has 1 aromatic rings. The van der Waals surface area contributed by atoms with Gasteiger partial charge in [0.1, 0.15) is 0 Å². The summed E-state index contributed by atoms with van der Waals surface area (Å²) >= 11 is 0. The topological polar surface area (TPSA) is 45.9 Å². The zero-order chi connectivity index (χ0) is 11.4. The summed E-state index contributed by atoms with van der Waals surface area (Å²) in [5.74, 6) is -1.70. The maximum Gasteiger partial charge on any atom is 0.267 e. The van der Waals surface area contributed by atoms with Crippen molar-refractivity contribution in [2.45, 2.75) is 12.8 Å². The summed E-state index contributed by atoms with van der Waals surface area (Å²) < 4.78 is 42.8. The van der Waals surface area contributed by atoms with Crippen molar-refractivity contribution >= 4 is 0 Å². The molecule has 0 fully saturated rings. The Morgan fingerprint density at radius 2 is 2.27 bits per heavy atom. The average molecular weight is 216 g/mol. The zero-order valence-electron chi connectivity index (χ0n) is 7.80. The Kier molecular flexibility index (Phi) is 3.50. The van der Waals surface area contributed by atoms with Gasteiger partial charge in [0.15, 0.2) is 5.82 Å². The van der Waals surface area contributed by atoms with Crippen molar-refractivity contribution in [2.75, 3.05) is 7.11 Å². The van der Waals surface area contributed by atoms with E-state index in [0.29, 0.717) is 0 Å². The number of halogens is 3. The molecule has 15 heavy (non-hydrogen) atoms. The van der Waals surface area contributed by atoms with Crippen LogP contribution < -0.4 is 4.74 Å². The lowest BCUT2D eigenvalue weighted by atomic mass is 10.1. The molecule has 1 rings (SSSR count). The second-order valence-electron chi connectivity index (χ2n) is 2.66. The minimum absolute atomic E-state index is 0.120. The van der Waals surface area contributed by atoms with Crippen molar-refractivity contribution in [1.29, 1.82) is 5.26 Å². The van der Waals surface area contributed by atoms with Gasteiger partial charge in [-0.25, -0.2) is 18.2 Å². The molecule has 0 aliphatic carbocycles. The summed E-state index contributed by atoms with van der Waals surface area (Å²) in [6.07, 6.45) is -2.29. The molecule has 0 aliphatic heterocycles. The van der Waals surface area contributed by atoms with Gasteiger partial charge in [-0.05, 0) is 5.56 Å². The first kappa shape index (κ1) is 11.3. The molecule has 0 amide bonds. The molecule has 0 unspecified atom stereocenters. The van der Waals surface area contributed by atoms with Gasteiger partial charge in [0.05, 0.1) is 25.2 Å². The highest BCUT2D eigenvalue weighted by molar-refractivity contribution is 5.34. The summed E-state index contributed by atoms with van der Waals surface area (Å²) in [7, 11) is 1.13. The lowest BCUT2D eigenvalue weighted by Gasteiger charge is -2.09. The number of alkyl halides is 2. The van der Waals surface area contributed by atoms with E-state index in [1.165, 1.54) is 0 Å². The van der Waals surface area contributed by atoms with Crippen molar-refractivity contribution in [1.82, 2.24) is 4.98 Å². The van der Waals surface area contributed by atoms with E-state index in [0.717, 1.165) is 13.3 Å². The molecule has 0 saturated carbocycles. The Morgan fingerprint density at radius 1 is 1.60 bits per heavy atom. The van der Waals surface area contributed by atoms with E-state index >= 15 is 0 Å². The van der Waals surface area contributed by atoms with Crippen LogP contribution in [0.2, 0.25) is 0 Å². The number of hydrogen-bond donors (Lipinski definition) is 0. The second-order valence-corrected chi connectivity index (χ2v) is 2.66. The molecule has 0 bridgehead atoms. The average Bonchev–Trinajstić information content (AvgIpc) is 2.18. The highest BCUT2D eigenvalue weighted by Gasteiger charge is 2.22. The van der Waals surface area contributed by atoms with Gasteiger partial charge in [-0.15, -0.1) is 0 Å². The lowest BCUT2D eigenvalue weighted by Crippen LogP contribution is -2.03. The predicted molar refractivity (Wildman–Crippen MR) is 45.0 cm³/mol. The summed E-state index contributed by atoms with van der Waals surface area (Å²) in [6.45, 7) is 0. The smallest absolute Gasteiger partial charge is 0.267 e. The molecule has 1 heterocycles. The van der Waals surface area contributed by atoms with Gasteiger partial charge in [-0.3, -0.25) is 0 Å². The van der Waals surface area contributed by atoms with Crippen LogP contribution in [0.25, 0.3) is 0 Å². The molecule has 0 N–H and O–H groups in total. The fraction of sp³-hybridized carbons (Fsp3) is 0.333. The van der Waals surface area contributed by atoms with Crippen molar-refractivity contribution in [3.05, 3.63) is 23.1 Å². The number of rotatable bonds is 3. The van der Waals surface area contributed by atoms with Crippen LogP contribution >= 0.6 is 0 Å². The maximum absolute atomic E-state index is 13.3. The van der Waals surface area contributed by atoms with E-state index in [-0.39, 0.29) is 12.0 Å². The molecule has 0 aromatic carbocycles. The SMILES string of the molecule is COc1ncc(CC#N)c(C(F)F)c1F. The Bertz CT molecular complexity index is 401. The van der Waals surface area contributed by atoms with E-state index in [4.69, 9.17) is 5.26 Å². The van der Waals surface area contributed by atoms with E-state index in [1.54, 1.807) is 6.07 Å². The van der Waals surface area contributed by atoms with Crippen LogP contribution in [0.4, 0.5) is 13.2 Å². The quantitative estimate of drug-likeness (QED) is 0.778. The van der Waals surface area contributed by atoms with Gasteiger partial charge in [0.2, 0.25) is 0 Å². The highest BCUT2D eigenvalue weighted by atomic mass is 19.3. The first-order valence-corrected chi connectivity index (χ1v) is 3.98. The summed E-state index contributed by atoms with van der Waals surface area (Å²) in [6, 6.07) is 1.66. The molecule has 0 aliphatic rings. The standard InChI is InChI=1S/C9H7F3N2O/c1-15-9-7(10)6(8(11)12)5(2-3-13)4-14-9/h4,8H,2H2,1H3. The minimum Gasteiger partial charge on any atom is -0.479 e. The third-order valence-corrected chi connectivity index (χ3v) is 1.79. The number of hydrogen-bond acceptors (Lipinski definition) is 3. The van der Waals surface area contributed by atoms with Crippen LogP contribution in [-0.2, 0) is 6.42 Å². The second kappa shape index (κ2) is 4.64. The Labute approximate surface area is 84.1 Å². The molecule has 0 radical (unpaired) electrons. The number of methoxy groups -OCH3 is 1. The van der Waals surface area contributed by atoms with Crippen LogP contribution in [0.5, 0.6) is 5.88 Å². The first-order chi connectivity index (χ1) is 7.11. The molecular weight excluding hydrogens is 209 g/mol. The minimum atomic E-state index is -3.00. The summed E-state index contributed by atoms with van der Waals surface area (Å²) in [4.78, 5) is 3.48. The third-order valence-electron chi connectivity index (χ3n) is 1.79. The highest BCUT2D eigenvalue weighted by Crippen LogP contribution is 2.29. The molecule has 6 heteroatoms. The third kappa shape index (κ3) is 2.18.